The number of hydrogen-bond acceptors (Lipinski definition) is 2. The van der Waals surface area contributed by atoms with Gasteiger partial charge in [-0.25, -0.2) is 0 Å². The first kappa shape index (κ1) is 14.0. The summed E-state index contributed by atoms with van der Waals surface area (Å²) in [6.45, 7) is -0.0953. The molecule has 3 nitrogen and oxygen atoms in total. The van der Waals surface area contributed by atoms with Gasteiger partial charge in [-0.05, 0) is 18.2 Å². The molecule has 1 heterocycles. The first-order valence-electron chi connectivity index (χ1n) is 6.33. The van der Waals surface area contributed by atoms with Gasteiger partial charge in [-0.1, -0.05) is 47.5 Å². The molecule has 21 heavy (non-hydrogen) atoms. The van der Waals surface area contributed by atoms with Crippen molar-refractivity contribution in [3.63, 3.8) is 0 Å². The summed E-state index contributed by atoms with van der Waals surface area (Å²) < 4.78 is 5.47. The van der Waals surface area contributed by atoms with Gasteiger partial charge in [0.25, 0.3) is 0 Å². The number of nitrogens with one attached hydrogen (secondary N) is 1. The summed E-state index contributed by atoms with van der Waals surface area (Å²) in [5, 5.41) is 1.59. The van der Waals surface area contributed by atoms with Crippen molar-refractivity contribution in [1.29, 1.82) is 0 Å². The maximum absolute atomic E-state index is 12.3. The molecule has 0 aliphatic heterocycles. The van der Waals surface area contributed by atoms with E-state index in [0.717, 1.165) is 10.9 Å². The van der Waals surface area contributed by atoms with Crippen LogP contribution in [0.25, 0.3) is 10.9 Å². The van der Waals surface area contributed by atoms with Gasteiger partial charge in [-0.15, -0.1) is 0 Å². The van der Waals surface area contributed by atoms with Gasteiger partial charge >= 0.3 is 0 Å². The SMILES string of the molecule is O=C(COc1cccc(Cl)c1Cl)c1c[nH]c2ccccc12. The molecule has 1 aromatic heterocycles. The topological polar surface area (TPSA) is 42.1 Å². The van der Waals surface area contributed by atoms with E-state index in [4.69, 9.17) is 27.9 Å². The number of Topliss-reactive ketones (excluding diaryl/α,β-unsaturated/α-hetero) is 1. The highest BCUT2D eigenvalue weighted by Crippen LogP contribution is 2.31. The van der Waals surface area contributed by atoms with Crippen LogP contribution >= 0.6 is 23.2 Å². The third kappa shape index (κ3) is 2.75. The fraction of sp³-hybridized carbons (Fsp3) is 0.0625. The van der Waals surface area contributed by atoms with Gasteiger partial charge in [0.15, 0.2) is 6.61 Å². The number of halogens is 2. The van der Waals surface area contributed by atoms with Crippen LogP contribution in [0.5, 0.6) is 5.75 Å². The van der Waals surface area contributed by atoms with E-state index < -0.39 is 0 Å². The molecular weight excluding hydrogens is 309 g/mol. The van der Waals surface area contributed by atoms with Crippen molar-refractivity contribution >= 4 is 39.9 Å². The van der Waals surface area contributed by atoms with Crippen LogP contribution < -0.4 is 4.74 Å². The zero-order valence-electron chi connectivity index (χ0n) is 10.9. The Labute approximate surface area is 131 Å². The van der Waals surface area contributed by atoms with Crippen molar-refractivity contribution in [3.05, 3.63) is 64.3 Å². The number of aromatic amines is 1. The number of benzene rings is 2. The molecule has 0 radical (unpaired) electrons. The van der Waals surface area contributed by atoms with E-state index in [9.17, 15) is 4.79 Å². The lowest BCUT2D eigenvalue weighted by Crippen LogP contribution is -2.11. The van der Waals surface area contributed by atoms with Crippen molar-refractivity contribution in [2.24, 2.45) is 0 Å². The van der Waals surface area contributed by atoms with E-state index >= 15 is 0 Å². The average molecular weight is 320 g/mol. The van der Waals surface area contributed by atoms with Crippen LogP contribution in [-0.2, 0) is 0 Å². The van der Waals surface area contributed by atoms with E-state index in [1.54, 1.807) is 24.4 Å². The van der Waals surface area contributed by atoms with Crippen LogP contribution in [0.1, 0.15) is 10.4 Å². The van der Waals surface area contributed by atoms with Crippen molar-refractivity contribution in [3.8, 4) is 5.75 Å². The first-order valence-corrected chi connectivity index (χ1v) is 7.08. The highest BCUT2D eigenvalue weighted by atomic mass is 35.5. The summed E-state index contributed by atoms with van der Waals surface area (Å²) in [6, 6.07) is 12.7. The Hall–Kier alpha value is -1.97. The zero-order valence-corrected chi connectivity index (χ0v) is 12.4. The third-order valence-corrected chi connectivity index (χ3v) is 3.97. The quantitative estimate of drug-likeness (QED) is 0.706. The number of fused-ring (bicyclic) bond motifs is 1. The molecule has 5 heteroatoms. The fourth-order valence-electron chi connectivity index (χ4n) is 2.12. The van der Waals surface area contributed by atoms with Crippen LogP contribution in [0.3, 0.4) is 0 Å². The van der Waals surface area contributed by atoms with Crippen molar-refractivity contribution < 1.29 is 9.53 Å². The number of carbonyl (C=O) groups is 1. The monoisotopic (exact) mass is 319 g/mol. The molecule has 2 aromatic carbocycles. The second-order valence-corrected chi connectivity index (χ2v) is 5.30. The van der Waals surface area contributed by atoms with Gasteiger partial charge in [0.2, 0.25) is 5.78 Å². The molecule has 0 saturated carbocycles. The summed E-state index contributed by atoms with van der Waals surface area (Å²) in [5.74, 6) is 0.279. The molecule has 0 aliphatic carbocycles. The first-order chi connectivity index (χ1) is 10.2. The van der Waals surface area contributed by atoms with Gasteiger partial charge in [0, 0.05) is 22.7 Å². The number of rotatable bonds is 4. The largest absolute Gasteiger partial charge is 0.484 e. The van der Waals surface area contributed by atoms with Gasteiger partial charge in [0.1, 0.15) is 10.8 Å². The molecule has 0 aliphatic rings. The predicted molar refractivity (Wildman–Crippen MR) is 84.6 cm³/mol. The molecule has 1 N–H and O–H groups in total. The smallest absolute Gasteiger partial charge is 0.202 e. The van der Waals surface area contributed by atoms with E-state index in [2.05, 4.69) is 4.98 Å². The highest BCUT2D eigenvalue weighted by Gasteiger charge is 2.13. The zero-order chi connectivity index (χ0) is 14.8. The molecule has 0 unspecified atom stereocenters. The summed E-state index contributed by atoms with van der Waals surface area (Å²) in [4.78, 5) is 15.3. The maximum Gasteiger partial charge on any atom is 0.202 e. The fourth-order valence-corrected chi connectivity index (χ4v) is 2.47. The number of carbonyl (C=O) groups excluding carboxylic acids is 1. The molecule has 0 atom stereocenters. The lowest BCUT2D eigenvalue weighted by molar-refractivity contribution is 0.0923. The Morgan fingerprint density at radius 3 is 2.76 bits per heavy atom. The lowest BCUT2D eigenvalue weighted by Gasteiger charge is -2.07. The predicted octanol–water partition coefficient (Wildman–Crippen LogP) is 4.74. The molecule has 3 aromatic rings. The Bertz CT molecular complexity index is 811. The highest BCUT2D eigenvalue weighted by molar-refractivity contribution is 6.42. The molecule has 3 rings (SSSR count). The molecular formula is C16H11Cl2NO2. The third-order valence-electron chi connectivity index (χ3n) is 3.16. The van der Waals surface area contributed by atoms with Crippen molar-refractivity contribution in [2.45, 2.75) is 0 Å². The molecule has 0 fully saturated rings. The Kier molecular flexibility index (Phi) is 3.86. The summed E-state index contributed by atoms with van der Waals surface area (Å²) >= 11 is 11.9. The second-order valence-electron chi connectivity index (χ2n) is 4.51. The molecule has 0 amide bonds. The molecule has 0 saturated heterocycles. The van der Waals surface area contributed by atoms with Crippen molar-refractivity contribution in [1.82, 2.24) is 4.98 Å². The van der Waals surface area contributed by atoms with E-state index in [-0.39, 0.29) is 12.4 Å². The maximum atomic E-state index is 12.3. The number of para-hydroxylation sites is 1. The molecule has 0 spiro atoms. The Morgan fingerprint density at radius 2 is 1.90 bits per heavy atom. The minimum absolute atomic E-state index is 0.0953. The van der Waals surface area contributed by atoms with Crippen LogP contribution in [0.4, 0.5) is 0 Å². The second kappa shape index (κ2) is 5.80. The minimum atomic E-state index is -0.122. The van der Waals surface area contributed by atoms with Crippen LogP contribution in [0, 0.1) is 0 Å². The van der Waals surface area contributed by atoms with Gasteiger partial charge < -0.3 is 9.72 Å². The average Bonchev–Trinajstić information content (AvgIpc) is 2.92. The Balaban J connectivity index is 1.79. The van der Waals surface area contributed by atoms with Crippen LogP contribution in [-0.4, -0.2) is 17.4 Å². The lowest BCUT2D eigenvalue weighted by atomic mass is 10.1. The van der Waals surface area contributed by atoms with Gasteiger partial charge in [-0.2, -0.15) is 0 Å². The van der Waals surface area contributed by atoms with Crippen LogP contribution in [0.15, 0.2) is 48.7 Å². The number of aromatic nitrogens is 1. The number of H-pyrrole nitrogens is 1. The molecule has 106 valence electrons. The van der Waals surface area contributed by atoms with Crippen LogP contribution in [0.2, 0.25) is 10.0 Å². The van der Waals surface area contributed by atoms with Crippen molar-refractivity contribution in [2.75, 3.05) is 6.61 Å². The standard InChI is InChI=1S/C16H11Cl2NO2/c17-12-5-3-7-15(16(12)18)21-9-14(20)11-8-19-13-6-2-1-4-10(11)13/h1-8,19H,9H2. The summed E-state index contributed by atoms with van der Waals surface area (Å²) in [5.41, 5.74) is 1.52. The number of ether oxygens (including phenoxy) is 1. The molecule has 0 bridgehead atoms. The summed E-state index contributed by atoms with van der Waals surface area (Å²) in [6.07, 6.45) is 1.69. The minimum Gasteiger partial charge on any atom is -0.484 e. The Morgan fingerprint density at radius 1 is 1.10 bits per heavy atom. The van der Waals surface area contributed by atoms with E-state index in [0.29, 0.717) is 21.4 Å². The number of hydrogen-bond donors (Lipinski definition) is 1. The van der Waals surface area contributed by atoms with Gasteiger partial charge in [0.05, 0.1) is 5.02 Å². The number of ketones is 1. The van der Waals surface area contributed by atoms with E-state index in [1.165, 1.54) is 0 Å². The normalized spacial score (nSPS) is 10.8. The summed E-state index contributed by atoms with van der Waals surface area (Å²) in [7, 11) is 0. The van der Waals surface area contributed by atoms with E-state index in [1.807, 2.05) is 24.3 Å². The van der Waals surface area contributed by atoms with Gasteiger partial charge in [-0.3, -0.25) is 4.79 Å².